The van der Waals surface area contributed by atoms with E-state index in [1.54, 1.807) is 12.3 Å². The molecule has 21 heavy (non-hydrogen) atoms. The third kappa shape index (κ3) is 4.08. The van der Waals surface area contributed by atoms with E-state index in [1.165, 1.54) is 19.3 Å². The van der Waals surface area contributed by atoms with Crippen LogP contribution in [0.2, 0.25) is 0 Å². The molecule has 1 aromatic rings. The molecule has 0 aliphatic heterocycles. The summed E-state index contributed by atoms with van der Waals surface area (Å²) in [7, 11) is -3.43. The van der Waals surface area contributed by atoms with Gasteiger partial charge in [-0.15, -0.1) is 0 Å². The van der Waals surface area contributed by atoms with Crippen molar-refractivity contribution in [2.75, 3.05) is 6.54 Å². The maximum absolute atomic E-state index is 12.4. The minimum atomic E-state index is -3.43. The molecule has 0 amide bonds. The van der Waals surface area contributed by atoms with Crippen LogP contribution in [0.5, 0.6) is 0 Å². The Balaban J connectivity index is 2.08. The lowest BCUT2D eigenvalue weighted by molar-refractivity contribution is 0.357. The molecular formula is C15H27N3O2S. The Bertz CT molecular complexity index is 557. The second-order valence-corrected chi connectivity index (χ2v) is 8.00. The van der Waals surface area contributed by atoms with Gasteiger partial charge < -0.3 is 10.3 Å². The topological polar surface area (TPSA) is 77.1 Å². The Morgan fingerprint density at radius 1 is 1.33 bits per heavy atom. The van der Waals surface area contributed by atoms with Crippen molar-refractivity contribution in [2.24, 2.45) is 11.7 Å². The molecule has 1 aliphatic rings. The fourth-order valence-electron chi connectivity index (χ4n) is 2.99. The SMILES string of the molecule is CC(C)n1cc(S(=O)(=O)NCC2CCCCC2)cc1CN. The number of nitrogens with zero attached hydrogens (tertiary/aromatic N) is 1. The predicted molar refractivity (Wildman–Crippen MR) is 84.5 cm³/mol. The molecule has 0 atom stereocenters. The molecule has 0 unspecified atom stereocenters. The molecular weight excluding hydrogens is 286 g/mol. The molecule has 1 aliphatic carbocycles. The average Bonchev–Trinajstić information content (AvgIpc) is 2.92. The number of aromatic nitrogens is 1. The van der Waals surface area contributed by atoms with Crippen LogP contribution in [0.25, 0.3) is 0 Å². The van der Waals surface area contributed by atoms with Gasteiger partial charge in [0.05, 0.1) is 4.90 Å². The summed E-state index contributed by atoms with van der Waals surface area (Å²) in [6.07, 6.45) is 7.66. The second-order valence-electron chi connectivity index (χ2n) is 6.23. The van der Waals surface area contributed by atoms with Gasteiger partial charge in [-0.2, -0.15) is 0 Å². The number of hydrogen-bond donors (Lipinski definition) is 2. The molecule has 0 radical (unpaired) electrons. The highest BCUT2D eigenvalue weighted by Crippen LogP contribution is 2.24. The van der Waals surface area contributed by atoms with Gasteiger partial charge in [-0.05, 0) is 38.7 Å². The van der Waals surface area contributed by atoms with Gasteiger partial charge in [-0.3, -0.25) is 0 Å². The molecule has 1 fully saturated rings. The fraction of sp³-hybridized carbons (Fsp3) is 0.733. The zero-order valence-corrected chi connectivity index (χ0v) is 13.8. The van der Waals surface area contributed by atoms with E-state index in [1.807, 2.05) is 18.4 Å². The highest BCUT2D eigenvalue weighted by Gasteiger charge is 2.21. The summed E-state index contributed by atoms with van der Waals surface area (Å²) >= 11 is 0. The van der Waals surface area contributed by atoms with Gasteiger partial charge >= 0.3 is 0 Å². The van der Waals surface area contributed by atoms with Crippen LogP contribution in [-0.4, -0.2) is 19.5 Å². The van der Waals surface area contributed by atoms with Crippen molar-refractivity contribution in [3.05, 3.63) is 18.0 Å². The van der Waals surface area contributed by atoms with Crippen molar-refractivity contribution in [3.8, 4) is 0 Å². The van der Waals surface area contributed by atoms with Crippen LogP contribution >= 0.6 is 0 Å². The molecule has 0 aromatic carbocycles. The van der Waals surface area contributed by atoms with Crippen LogP contribution < -0.4 is 10.5 Å². The quantitative estimate of drug-likeness (QED) is 0.846. The molecule has 0 saturated heterocycles. The molecule has 0 bridgehead atoms. The number of rotatable bonds is 6. The first-order valence-corrected chi connectivity index (χ1v) is 9.33. The third-order valence-corrected chi connectivity index (χ3v) is 5.66. The molecule has 5 nitrogen and oxygen atoms in total. The van der Waals surface area contributed by atoms with Crippen LogP contribution in [0.1, 0.15) is 57.7 Å². The summed E-state index contributed by atoms with van der Waals surface area (Å²) in [6.45, 7) is 4.93. The molecule has 3 N–H and O–H groups in total. The molecule has 1 saturated carbocycles. The van der Waals surface area contributed by atoms with Gasteiger partial charge in [-0.25, -0.2) is 13.1 Å². The van der Waals surface area contributed by atoms with E-state index in [0.29, 0.717) is 23.9 Å². The van der Waals surface area contributed by atoms with Gasteiger partial charge in [0, 0.05) is 31.0 Å². The van der Waals surface area contributed by atoms with E-state index >= 15 is 0 Å². The number of nitrogens with two attached hydrogens (primary N) is 1. The van der Waals surface area contributed by atoms with Crippen molar-refractivity contribution in [2.45, 2.75) is 63.4 Å². The second kappa shape index (κ2) is 6.94. The molecule has 1 aromatic heterocycles. The summed E-state index contributed by atoms with van der Waals surface area (Å²) in [4.78, 5) is 0.326. The number of sulfonamides is 1. The first-order valence-electron chi connectivity index (χ1n) is 7.84. The maximum Gasteiger partial charge on any atom is 0.242 e. The summed E-state index contributed by atoms with van der Waals surface area (Å²) < 4.78 is 29.5. The summed E-state index contributed by atoms with van der Waals surface area (Å²) in [5, 5.41) is 0. The Labute approximate surface area is 128 Å². The Hall–Kier alpha value is -0.850. The molecule has 0 spiro atoms. The van der Waals surface area contributed by atoms with Crippen molar-refractivity contribution < 1.29 is 8.42 Å². The molecule has 6 heteroatoms. The summed E-state index contributed by atoms with van der Waals surface area (Å²) in [5.74, 6) is 0.481. The average molecular weight is 313 g/mol. The van der Waals surface area contributed by atoms with Gasteiger partial charge in [0.2, 0.25) is 10.0 Å². The maximum atomic E-state index is 12.4. The van der Waals surface area contributed by atoms with E-state index in [0.717, 1.165) is 18.5 Å². The van der Waals surface area contributed by atoms with E-state index in [-0.39, 0.29) is 6.04 Å². The monoisotopic (exact) mass is 313 g/mol. The zero-order valence-electron chi connectivity index (χ0n) is 13.0. The summed E-state index contributed by atoms with van der Waals surface area (Å²) in [6, 6.07) is 1.88. The molecule has 2 rings (SSSR count). The minimum Gasteiger partial charge on any atom is -0.346 e. The smallest absolute Gasteiger partial charge is 0.242 e. The van der Waals surface area contributed by atoms with Crippen molar-refractivity contribution >= 4 is 10.0 Å². The first kappa shape index (κ1) is 16.5. The lowest BCUT2D eigenvalue weighted by Gasteiger charge is -2.21. The Kier molecular flexibility index (Phi) is 5.46. The van der Waals surface area contributed by atoms with Crippen molar-refractivity contribution in [3.63, 3.8) is 0 Å². The van der Waals surface area contributed by atoms with Gasteiger partial charge in [0.15, 0.2) is 0 Å². The van der Waals surface area contributed by atoms with Gasteiger partial charge in [0.25, 0.3) is 0 Å². The van der Waals surface area contributed by atoms with Crippen LogP contribution in [0.15, 0.2) is 17.2 Å². The minimum absolute atomic E-state index is 0.200. The van der Waals surface area contributed by atoms with Crippen LogP contribution in [0, 0.1) is 5.92 Å². The zero-order chi connectivity index (χ0) is 15.5. The van der Waals surface area contributed by atoms with E-state index in [9.17, 15) is 8.42 Å². The number of hydrogen-bond acceptors (Lipinski definition) is 3. The highest BCUT2D eigenvalue weighted by molar-refractivity contribution is 7.89. The van der Waals surface area contributed by atoms with Crippen LogP contribution in [0.3, 0.4) is 0 Å². The normalized spacial score (nSPS) is 17.5. The van der Waals surface area contributed by atoms with Crippen molar-refractivity contribution in [1.82, 2.24) is 9.29 Å². The highest BCUT2D eigenvalue weighted by atomic mass is 32.2. The standard InChI is InChI=1S/C15H27N3O2S/c1-12(2)18-11-15(8-14(18)9-16)21(19,20)17-10-13-6-4-3-5-7-13/h8,11-13,17H,3-7,9-10,16H2,1-2H3. The summed E-state index contributed by atoms with van der Waals surface area (Å²) in [5.41, 5.74) is 6.55. The van der Waals surface area contributed by atoms with E-state index in [4.69, 9.17) is 5.73 Å². The first-order chi connectivity index (χ1) is 9.94. The fourth-order valence-corrected chi connectivity index (χ4v) is 4.16. The van der Waals surface area contributed by atoms with Gasteiger partial charge in [0.1, 0.15) is 0 Å². The lowest BCUT2D eigenvalue weighted by atomic mass is 9.90. The Morgan fingerprint density at radius 2 is 2.00 bits per heavy atom. The molecule has 1 heterocycles. The largest absolute Gasteiger partial charge is 0.346 e. The van der Waals surface area contributed by atoms with Crippen molar-refractivity contribution in [1.29, 1.82) is 0 Å². The third-order valence-electron chi connectivity index (χ3n) is 4.27. The van der Waals surface area contributed by atoms with E-state index < -0.39 is 10.0 Å². The van der Waals surface area contributed by atoms with Crippen LogP contribution in [-0.2, 0) is 16.6 Å². The molecule has 120 valence electrons. The van der Waals surface area contributed by atoms with Gasteiger partial charge in [-0.1, -0.05) is 19.3 Å². The lowest BCUT2D eigenvalue weighted by Crippen LogP contribution is -2.30. The Morgan fingerprint density at radius 3 is 2.52 bits per heavy atom. The van der Waals surface area contributed by atoms with Crippen LogP contribution in [0.4, 0.5) is 0 Å². The van der Waals surface area contributed by atoms with E-state index in [2.05, 4.69) is 4.72 Å². The number of nitrogens with one attached hydrogen (secondary N) is 1. The predicted octanol–water partition coefficient (Wildman–Crippen LogP) is 2.39.